The molecule has 0 aliphatic heterocycles. The number of nitrogens with zero attached hydrogens (tertiary/aromatic N) is 1. The molecular weight excluding hydrogens is 236 g/mol. The third kappa shape index (κ3) is 6.26. The number of hydrogen-bond donors (Lipinski definition) is 1. The Morgan fingerprint density at radius 2 is 2.32 bits per heavy atom. The summed E-state index contributed by atoms with van der Waals surface area (Å²) < 4.78 is 5.07. The molecule has 104 valence electrons. The highest BCUT2D eigenvalue weighted by molar-refractivity contribution is 5.18. The second-order valence-electron chi connectivity index (χ2n) is 4.66. The summed E-state index contributed by atoms with van der Waals surface area (Å²) in [5.74, 6) is 3.36. The zero-order valence-electron chi connectivity index (χ0n) is 12.0. The minimum Gasteiger partial charge on any atom is -0.481 e. The predicted molar refractivity (Wildman–Crippen MR) is 79.3 cm³/mol. The SMILES string of the molecule is C#CCCCC(Cc1ccc(OC)nc1)NCCC. The van der Waals surface area contributed by atoms with E-state index >= 15 is 0 Å². The second-order valence-corrected chi connectivity index (χ2v) is 4.66. The largest absolute Gasteiger partial charge is 0.481 e. The molecule has 1 N–H and O–H groups in total. The van der Waals surface area contributed by atoms with Crippen LogP contribution < -0.4 is 10.1 Å². The summed E-state index contributed by atoms with van der Waals surface area (Å²) in [5, 5.41) is 3.58. The highest BCUT2D eigenvalue weighted by Crippen LogP contribution is 2.11. The fourth-order valence-corrected chi connectivity index (χ4v) is 2.01. The summed E-state index contributed by atoms with van der Waals surface area (Å²) >= 11 is 0. The molecule has 0 saturated carbocycles. The molecule has 0 bridgehead atoms. The molecule has 1 aromatic rings. The van der Waals surface area contributed by atoms with Crippen molar-refractivity contribution in [1.29, 1.82) is 0 Å². The summed E-state index contributed by atoms with van der Waals surface area (Å²) in [5.41, 5.74) is 1.23. The molecule has 0 amide bonds. The van der Waals surface area contributed by atoms with E-state index in [2.05, 4.69) is 29.2 Å². The third-order valence-electron chi connectivity index (χ3n) is 3.05. The van der Waals surface area contributed by atoms with Crippen molar-refractivity contribution in [3.8, 4) is 18.2 Å². The van der Waals surface area contributed by atoms with Gasteiger partial charge in [0.15, 0.2) is 0 Å². The van der Waals surface area contributed by atoms with Gasteiger partial charge in [-0.15, -0.1) is 12.3 Å². The lowest BCUT2D eigenvalue weighted by atomic mass is 10.0. The Labute approximate surface area is 116 Å². The molecule has 1 rings (SSSR count). The van der Waals surface area contributed by atoms with Crippen LogP contribution in [0.5, 0.6) is 5.88 Å². The quantitative estimate of drug-likeness (QED) is 0.547. The van der Waals surface area contributed by atoms with Gasteiger partial charge in [0.25, 0.3) is 0 Å². The van der Waals surface area contributed by atoms with Gasteiger partial charge in [0, 0.05) is 24.7 Å². The smallest absolute Gasteiger partial charge is 0.212 e. The van der Waals surface area contributed by atoms with E-state index in [0.717, 1.165) is 38.6 Å². The van der Waals surface area contributed by atoms with Crippen molar-refractivity contribution in [3.63, 3.8) is 0 Å². The summed E-state index contributed by atoms with van der Waals surface area (Å²) in [6.45, 7) is 3.23. The van der Waals surface area contributed by atoms with Crippen LogP contribution in [0.15, 0.2) is 18.3 Å². The van der Waals surface area contributed by atoms with Gasteiger partial charge in [-0.05, 0) is 37.8 Å². The molecular formula is C16H24N2O. The summed E-state index contributed by atoms with van der Waals surface area (Å²) in [4.78, 5) is 4.24. The highest BCUT2D eigenvalue weighted by atomic mass is 16.5. The maximum atomic E-state index is 5.31. The fraction of sp³-hybridized carbons (Fsp3) is 0.562. The van der Waals surface area contributed by atoms with Gasteiger partial charge in [0.1, 0.15) is 0 Å². The molecule has 19 heavy (non-hydrogen) atoms. The van der Waals surface area contributed by atoms with E-state index in [-0.39, 0.29) is 0 Å². The van der Waals surface area contributed by atoms with Crippen molar-refractivity contribution < 1.29 is 4.74 Å². The Balaban J connectivity index is 2.51. The van der Waals surface area contributed by atoms with E-state index < -0.39 is 0 Å². The number of terminal acetylenes is 1. The van der Waals surface area contributed by atoms with Crippen molar-refractivity contribution in [3.05, 3.63) is 23.9 Å². The number of unbranched alkanes of at least 4 members (excludes halogenated alkanes) is 1. The van der Waals surface area contributed by atoms with Crippen LogP contribution >= 0.6 is 0 Å². The molecule has 0 saturated heterocycles. The van der Waals surface area contributed by atoms with Crippen molar-refractivity contribution in [2.45, 2.75) is 45.1 Å². The summed E-state index contributed by atoms with van der Waals surface area (Å²) in [7, 11) is 1.63. The zero-order valence-corrected chi connectivity index (χ0v) is 12.0. The normalized spacial score (nSPS) is 11.8. The number of nitrogens with one attached hydrogen (secondary N) is 1. The zero-order chi connectivity index (χ0) is 13.9. The van der Waals surface area contributed by atoms with E-state index in [1.807, 2.05) is 12.3 Å². The van der Waals surface area contributed by atoms with E-state index in [4.69, 9.17) is 11.2 Å². The number of hydrogen-bond acceptors (Lipinski definition) is 3. The molecule has 0 aliphatic carbocycles. The van der Waals surface area contributed by atoms with Crippen LogP contribution in [0.3, 0.4) is 0 Å². The third-order valence-corrected chi connectivity index (χ3v) is 3.05. The topological polar surface area (TPSA) is 34.1 Å². The van der Waals surface area contributed by atoms with Crippen LogP contribution in [0, 0.1) is 12.3 Å². The van der Waals surface area contributed by atoms with Crippen molar-refractivity contribution in [2.24, 2.45) is 0 Å². The van der Waals surface area contributed by atoms with Gasteiger partial charge in [0.2, 0.25) is 5.88 Å². The number of aromatic nitrogens is 1. The van der Waals surface area contributed by atoms with Crippen LogP contribution in [0.25, 0.3) is 0 Å². The Bertz CT molecular complexity index is 381. The van der Waals surface area contributed by atoms with Crippen LogP contribution in [0.2, 0.25) is 0 Å². The monoisotopic (exact) mass is 260 g/mol. The number of rotatable bonds is 9. The van der Waals surface area contributed by atoms with Gasteiger partial charge in [-0.2, -0.15) is 0 Å². The van der Waals surface area contributed by atoms with Crippen LogP contribution in [0.4, 0.5) is 0 Å². The molecule has 3 nitrogen and oxygen atoms in total. The molecule has 1 atom stereocenters. The van der Waals surface area contributed by atoms with Crippen LogP contribution in [-0.2, 0) is 6.42 Å². The lowest BCUT2D eigenvalue weighted by Gasteiger charge is -2.18. The van der Waals surface area contributed by atoms with Gasteiger partial charge in [0.05, 0.1) is 7.11 Å². The van der Waals surface area contributed by atoms with Crippen molar-refractivity contribution in [2.75, 3.05) is 13.7 Å². The van der Waals surface area contributed by atoms with Crippen molar-refractivity contribution >= 4 is 0 Å². The van der Waals surface area contributed by atoms with Gasteiger partial charge in [-0.1, -0.05) is 13.0 Å². The van der Waals surface area contributed by atoms with Crippen LogP contribution in [0.1, 0.15) is 38.2 Å². The maximum absolute atomic E-state index is 5.31. The number of ether oxygens (including phenoxy) is 1. The van der Waals surface area contributed by atoms with Crippen molar-refractivity contribution in [1.82, 2.24) is 10.3 Å². The van der Waals surface area contributed by atoms with E-state index in [1.165, 1.54) is 5.56 Å². The minimum absolute atomic E-state index is 0.475. The maximum Gasteiger partial charge on any atom is 0.212 e. The number of pyridine rings is 1. The Morgan fingerprint density at radius 3 is 2.89 bits per heavy atom. The minimum atomic E-state index is 0.475. The van der Waals surface area contributed by atoms with Crippen LogP contribution in [-0.4, -0.2) is 24.7 Å². The molecule has 1 aromatic heterocycles. The molecule has 1 heterocycles. The van der Waals surface area contributed by atoms with Gasteiger partial charge >= 0.3 is 0 Å². The number of methoxy groups -OCH3 is 1. The average molecular weight is 260 g/mol. The Morgan fingerprint density at radius 1 is 1.47 bits per heavy atom. The second kappa shape index (κ2) is 9.41. The Kier molecular flexibility index (Phi) is 7.69. The first-order chi connectivity index (χ1) is 9.30. The first kappa shape index (κ1) is 15.5. The lowest BCUT2D eigenvalue weighted by Crippen LogP contribution is -2.31. The molecule has 1 unspecified atom stereocenters. The molecule has 0 aromatic carbocycles. The van der Waals surface area contributed by atoms with E-state index in [1.54, 1.807) is 7.11 Å². The predicted octanol–water partition coefficient (Wildman–Crippen LogP) is 2.80. The average Bonchev–Trinajstić information content (AvgIpc) is 2.45. The standard InChI is InChI=1S/C16H24N2O/c1-4-6-7-8-15(17-11-5-2)12-14-9-10-16(19-3)18-13-14/h1,9-10,13,15,17H,5-8,11-12H2,2-3H3. The van der Waals surface area contributed by atoms with Gasteiger partial charge < -0.3 is 10.1 Å². The summed E-state index contributed by atoms with van der Waals surface area (Å²) in [6, 6.07) is 4.46. The van der Waals surface area contributed by atoms with E-state index in [0.29, 0.717) is 11.9 Å². The first-order valence-corrected chi connectivity index (χ1v) is 6.96. The molecule has 0 aliphatic rings. The van der Waals surface area contributed by atoms with Gasteiger partial charge in [-0.25, -0.2) is 4.98 Å². The lowest BCUT2D eigenvalue weighted by molar-refractivity contribution is 0.397. The fourth-order valence-electron chi connectivity index (χ4n) is 2.01. The molecule has 0 fully saturated rings. The molecule has 0 radical (unpaired) electrons. The molecule has 3 heteroatoms. The highest BCUT2D eigenvalue weighted by Gasteiger charge is 2.09. The first-order valence-electron chi connectivity index (χ1n) is 6.96. The molecule has 0 spiro atoms. The Hall–Kier alpha value is -1.53. The van der Waals surface area contributed by atoms with E-state index in [9.17, 15) is 0 Å². The summed E-state index contributed by atoms with van der Waals surface area (Å²) in [6.07, 6.45) is 12.4. The van der Waals surface area contributed by atoms with Gasteiger partial charge in [-0.3, -0.25) is 0 Å².